The van der Waals surface area contributed by atoms with Crippen LogP contribution in [0.3, 0.4) is 0 Å². The van der Waals surface area contributed by atoms with E-state index in [1.807, 2.05) is 11.1 Å². The fourth-order valence-electron chi connectivity index (χ4n) is 13.0. The maximum atomic E-state index is 14.9. The fraction of sp³-hybridized carbons (Fsp3) is 0.643. The van der Waals surface area contributed by atoms with Crippen molar-refractivity contribution in [2.45, 2.75) is 123 Å². The van der Waals surface area contributed by atoms with Crippen molar-refractivity contribution in [3.05, 3.63) is 52.1 Å². The molecule has 7 aliphatic heterocycles. The van der Waals surface area contributed by atoms with E-state index in [1.165, 1.54) is 16.3 Å². The zero-order chi connectivity index (χ0) is 52.3. The van der Waals surface area contributed by atoms with Gasteiger partial charge in [0.1, 0.15) is 12.1 Å². The summed E-state index contributed by atoms with van der Waals surface area (Å²) in [5, 5.41) is 11.8. The molecule has 6 bridgehead atoms. The molecule has 7 aliphatic rings. The first-order valence-corrected chi connectivity index (χ1v) is 28.5. The topological polar surface area (TPSA) is 189 Å². The van der Waals surface area contributed by atoms with Crippen LogP contribution in [0.2, 0.25) is 0 Å². The Morgan fingerprint density at radius 2 is 1.87 bits per heavy atom. The smallest absolute Gasteiger partial charge is 0.324 e. The van der Waals surface area contributed by atoms with Crippen molar-refractivity contribution in [1.82, 2.24) is 50.3 Å². The lowest BCUT2D eigenvalue weighted by Gasteiger charge is -2.44. The number of hydrogen-bond acceptors (Lipinski definition) is 15. The number of rotatable bonds is 10. The largest absolute Gasteiger partial charge is 0.464 e. The van der Waals surface area contributed by atoms with Crippen LogP contribution < -0.4 is 21.0 Å². The first kappa shape index (κ1) is 52.1. The molecular weight excluding hydrogens is 971 g/mol. The number of nitrogens with one attached hydrogen (secondary N) is 3. The molecule has 6 fully saturated rings. The number of ether oxygens (including phenoxy) is 3. The average Bonchev–Trinajstić information content (AvgIpc) is 3.66. The van der Waals surface area contributed by atoms with Crippen molar-refractivity contribution < 1.29 is 33.4 Å². The monoisotopic (exact) mass is 1050 g/mol. The molecule has 7 atom stereocenters. The zero-order valence-corrected chi connectivity index (χ0v) is 45.8. The minimum Gasteiger partial charge on any atom is -0.464 e. The number of likely N-dealkylation sites (tertiary alicyclic amines) is 2. The number of amides is 3. The maximum Gasteiger partial charge on any atom is 0.324 e. The normalized spacial score (nSPS) is 27.4. The molecule has 18 nitrogen and oxygen atoms in total. The van der Waals surface area contributed by atoms with Crippen molar-refractivity contribution in [3.8, 4) is 22.5 Å². The molecule has 6 saturated heterocycles. The average molecular weight is 1050 g/mol. The summed E-state index contributed by atoms with van der Waals surface area (Å²) in [6, 6.07) is 6.96. The molecule has 10 heterocycles. The Bertz CT molecular complexity index is 2810. The number of piperazine rings is 1. The molecular formula is C56H77N11O7S. The van der Waals surface area contributed by atoms with E-state index < -0.39 is 29.5 Å². The highest BCUT2D eigenvalue weighted by Crippen LogP contribution is 2.44. The number of carbonyl (C=O) groups excluding carboxylic acids is 4. The second kappa shape index (κ2) is 21.1. The molecule has 3 aromatic heterocycles. The van der Waals surface area contributed by atoms with Crippen LogP contribution >= 0.6 is 11.3 Å². The summed E-state index contributed by atoms with van der Waals surface area (Å²) in [6.45, 7) is 22.7. The zero-order valence-electron chi connectivity index (χ0n) is 45.0. The van der Waals surface area contributed by atoms with Crippen LogP contribution in [0.4, 0.5) is 5.69 Å². The highest BCUT2D eigenvalue weighted by molar-refractivity contribution is 7.10. The number of hydrazine groups is 1. The van der Waals surface area contributed by atoms with E-state index in [0.29, 0.717) is 51.5 Å². The Labute approximate surface area is 445 Å². The standard InChI is InChI=1S/C56H77N11O7S/c1-8-66-46-12-11-36-22-39(46)41(50(66)40-23-37(26-58-48(40)35(4)72-7)63-19-18-62-20-21-73-29-38(62)28-63)25-55(5,6)33-74-54(71)42-10-9-15-67(61-42)53(70)43(24-47-59-45(36)30-75-47)60-51(68)49(34(2)3)64-16-13-56(31-64)14-17-65(32-56)52(69)44-27-57-44/h11-12,22-23,26,30,34-35,38,42-44,49,57,61H,8-10,13-21,24-25,27-29,31-33H2,1-7H3,(H,60,68)/t35-,38-,42-,43-,44+,49-,56-/m0/s1. The van der Waals surface area contributed by atoms with E-state index in [0.717, 1.165) is 127 Å². The molecule has 0 aliphatic carbocycles. The van der Waals surface area contributed by atoms with Crippen LogP contribution in [0, 0.1) is 16.7 Å². The van der Waals surface area contributed by atoms with Gasteiger partial charge in [0.25, 0.3) is 5.91 Å². The molecule has 19 heteroatoms. The minimum absolute atomic E-state index is 0.0433. The number of pyridine rings is 1. The third-order valence-corrected chi connectivity index (χ3v) is 18.1. The van der Waals surface area contributed by atoms with Gasteiger partial charge in [0.2, 0.25) is 11.8 Å². The quantitative estimate of drug-likeness (QED) is 0.147. The second-order valence-corrected chi connectivity index (χ2v) is 24.5. The van der Waals surface area contributed by atoms with Gasteiger partial charge in [0.15, 0.2) is 0 Å². The number of esters is 1. The van der Waals surface area contributed by atoms with E-state index in [1.54, 1.807) is 7.11 Å². The lowest BCUT2D eigenvalue weighted by molar-refractivity contribution is -0.155. The van der Waals surface area contributed by atoms with Crippen molar-refractivity contribution in [3.63, 3.8) is 0 Å². The van der Waals surface area contributed by atoms with E-state index in [9.17, 15) is 19.2 Å². The van der Waals surface area contributed by atoms with Crippen LogP contribution in [0.25, 0.3) is 33.4 Å². The van der Waals surface area contributed by atoms with Crippen LogP contribution in [0.1, 0.15) is 89.6 Å². The van der Waals surface area contributed by atoms with Gasteiger partial charge in [-0.15, -0.1) is 11.3 Å². The molecule has 404 valence electrons. The van der Waals surface area contributed by atoms with Gasteiger partial charge in [-0.1, -0.05) is 33.8 Å². The number of cyclic esters (lactones) is 1. The second-order valence-electron chi connectivity index (χ2n) is 23.6. The maximum absolute atomic E-state index is 14.9. The predicted octanol–water partition coefficient (Wildman–Crippen LogP) is 4.64. The molecule has 3 N–H and O–H groups in total. The minimum atomic E-state index is -0.955. The number of morpholine rings is 1. The van der Waals surface area contributed by atoms with Crippen LogP contribution in [-0.2, 0) is 52.8 Å². The lowest BCUT2D eigenvalue weighted by Crippen LogP contribution is -2.62. The molecule has 75 heavy (non-hydrogen) atoms. The third kappa shape index (κ3) is 10.5. The summed E-state index contributed by atoms with van der Waals surface area (Å²) >= 11 is 1.48. The SMILES string of the molecule is CCn1c(-c2cc(N3CCN4CCOC[C@@H]4C3)cnc2[C@H](C)OC)c2c3cc(ccc31)-c1csc(n1)C[C@H](NC(=O)[C@H](C(C)C)N1CC[C@]3(CCN(C(=O)[C@H]4CN4)C3)C1)C(=O)N1CCC[C@H](N1)C(=O)OCC(C)(C)C2. The Morgan fingerprint density at radius 3 is 2.65 bits per heavy atom. The molecule has 4 aromatic rings. The van der Waals surface area contributed by atoms with Gasteiger partial charge in [-0.25, -0.2) is 10.4 Å². The summed E-state index contributed by atoms with van der Waals surface area (Å²) in [7, 11) is 1.73. The molecule has 0 saturated carbocycles. The fourth-order valence-corrected chi connectivity index (χ4v) is 13.9. The molecule has 3 amide bonds. The molecule has 11 rings (SSSR count). The van der Waals surface area contributed by atoms with Gasteiger partial charge in [0.05, 0.1) is 78.0 Å². The summed E-state index contributed by atoms with van der Waals surface area (Å²) in [5.74, 6) is -0.797. The van der Waals surface area contributed by atoms with E-state index in [2.05, 4.69) is 107 Å². The molecule has 1 aromatic carbocycles. The van der Waals surface area contributed by atoms with Gasteiger partial charge in [-0.2, -0.15) is 0 Å². The van der Waals surface area contributed by atoms with Gasteiger partial charge >= 0.3 is 5.97 Å². The summed E-state index contributed by atoms with van der Waals surface area (Å²) in [5.41, 5.74) is 10.6. The highest BCUT2D eigenvalue weighted by atomic mass is 32.1. The van der Waals surface area contributed by atoms with E-state index in [4.69, 9.17) is 24.2 Å². The van der Waals surface area contributed by atoms with Gasteiger partial charge < -0.3 is 39.2 Å². The number of anilines is 1. The van der Waals surface area contributed by atoms with Crippen LogP contribution in [0.5, 0.6) is 0 Å². The highest BCUT2D eigenvalue weighted by Gasteiger charge is 2.50. The number of aryl methyl sites for hydroxylation is 1. The van der Waals surface area contributed by atoms with Gasteiger partial charge in [-0.3, -0.25) is 39.0 Å². The van der Waals surface area contributed by atoms with Crippen molar-refractivity contribution >= 4 is 51.6 Å². The number of methoxy groups -OCH3 is 1. The first-order chi connectivity index (χ1) is 36.1. The predicted molar refractivity (Wildman–Crippen MR) is 288 cm³/mol. The Morgan fingerprint density at radius 1 is 1.04 bits per heavy atom. The van der Waals surface area contributed by atoms with E-state index >= 15 is 0 Å². The number of aromatic nitrogens is 3. The molecule has 0 unspecified atom stereocenters. The van der Waals surface area contributed by atoms with Gasteiger partial charge in [-0.05, 0) is 82.2 Å². The molecule has 0 radical (unpaired) electrons. The van der Waals surface area contributed by atoms with Crippen molar-refractivity contribution in [2.24, 2.45) is 16.7 Å². The summed E-state index contributed by atoms with van der Waals surface area (Å²) in [6.07, 6.45) is 5.39. The van der Waals surface area contributed by atoms with Crippen molar-refractivity contribution in [2.75, 3.05) is 97.3 Å². The third-order valence-electron chi connectivity index (χ3n) is 17.2. The molecule has 1 spiro atoms. The number of thiazole rings is 1. The van der Waals surface area contributed by atoms with Crippen molar-refractivity contribution in [1.29, 1.82) is 0 Å². The van der Waals surface area contributed by atoms with E-state index in [-0.39, 0.29) is 54.2 Å². The lowest BCUT2D eigenvalue weighted by atomic mass is 9.84. The Hall–Kier alpha value is -5.02. The number of nitrogens with zero attached hydrogens (tertiary/aromatic N) is 8. The number of benzene rings is 1. The Balaban J connectivity index is 0.941. The first-order valence-electron chi connectivity index (χ1n) is 27.6. The summed E-state index contributed by atoms with van der Waals surface area (Å²) < 4.78 is 20.6. The number of carbonyl (C=O) groups is 4. The van der Waals surface area contributed by atoms with Crippen LogP contribution in [0.15, 0.2) is 35.8 Å². The number of hydrogen-bond donors (Lipinski definition) is 3. The summed E-state index contributed by atoms with van der Waals surface area (Å²) in [4.78, 5) is 76.5. The van der Waals surface area contributed by atoms with Crippen LogP contribution in [-0.4, -0.2) is 181 Å². The number of fused-ring (bicyclic) bond motifs is 7. The van der Waals surface area contributed by atoms with Gasteiger partial charge in [0, 0.05) is 117 Å². The Kier molecular flexibility index (Phi) is 14.6.